The monoisotopic (exact) mass is 238 g/mol. The predicted octanol–water partition coefficient (Wildman–Crippen LogP) is 1.69. The standard InChI is InChI=1S/C10H11ClN4O/c1-6(7-4-16-5-7)15-10-8(2-13-15)12-3-9(11)14-10/h2-3,6-7H,4-5H2,1H3. The molecular formula is C10H11ClN4O. The van der Waals surface area contributed by atoms with Crippen LogP contribution in [0.15, 0.2) is 12.4 Å². The van der Waals surface area contributed by atoms with Crippen LogP contribution in [0.3, 0.4) is 0 Å². The molecule has 0 amide bonds. The van der Waals surface area contributed by atoms with Crippen LogP contribution in [0.5, 0.6) is 0 Å². The van der Waals surface area contributed by atoms with Gasteiger partial charge in [0.15, 0.2) is 5.65 Å². The lowest BCUT2D eigenvalue weighted by Gasteiger charge is -2.31. The van der Waals surface area contributed by atoms with Gasteiger partial charge in [0.25, 0.3) is 0 Å². The van der Waals surface area contributed by atoms with E-state index in [9.17, 15) is 0 Å². The molecule has 0 bridgehead atoms. The summed E-state index contributed by atoms with van der Waals surface area (Å²) in [6.45, 7) is 3.69. The van der Waals surface area contributed by atoms with Gasteiger partial charge in [-0.15, -0.1) is 0 Å². The Morgan fingerprint density at radius 1 is 1.50 bits per heavy atom. The Balaban J connectivity index is 2.05. The van der Waals surface area contributed by atoms with E-state index in [0.29, 0.717) is 11.1 Å². The number of ether oxygens (including phenoxy) is 1. The summed E-state index contributed by atoms with van der Waals surface area (Å²) in [5.41, 5.74) is 1.52. The van der Waals surface area contributed by atoms with Crippen LogP contribution in [0, 0.1) is 5.92 Å². The second-order valence-corrected chi connectivity index (χ2v) is 4.42. The Kier molecular flexibility index (Phi) is 2.29. The number of nitrogens with zero attached hydrogens (tertiary/aromatic N) is 4. The van der Waals surface area contributed by atoms with Crippen molar-refractivity contribution < 1.29 is 4.74 Å². The van der Waals surface area contributed by atoms with Gasteiger partial charge < -0.3 is 4.74 Å². The molecule has 1 atom stereocenters. The summed E-state index contributed by atoms with van der Waals surface area (Å²) < 4.78 is 7.06. The molecule has 16 heavy (non-hydrogen) atoms. The average Bonchev–Trinajstić information content (AvgIpc) is 2.57. The molecule has 0 radical (unpaired) electrons. The molecule has 1 fully saturated rings. The van der Waals surface area contributed by atoms with Crippen LogP contribution >= 0.6 is 11.6 Å². The molecule has 0 aromatic carbocycles. The molecule has 6 heteroatoms. The van der Waals surface area contributed by atoms with Gasteiger partial charge in [-0.05, 0) is 6.92 Å². The topological polar surface area (TPSA) is 52.8 Å². The fourth-order valence-corrected chi connectivity index (χ4v) is 1.96. The minimum Gasteiger partial charge on any atom is -0.381 e. The molecule has 3 rings (SSSR count). The largest absolute Gasteiger partial charge is 0.381 e. The lowest BCUT2D eigenvalue weighted by Crippen LogP contribution is -2.34. The van der Waals surface area contributed by atoms with Crippen LogP contribution < -0.4 is 0 Å². The van der Waals surface area contributed by atoms with Gasteiger partial charge in [0, 0.05) is 5.92 Å². The molecule has 1 aliphatic rings. The predicted molar refractivity (Wildman–Crippen MR) is 59.4 cm³/mol. The van der Waals surface area contributed by atoms with Crippen LogP contribution in [0.4, 0.5) is 0 Å². The van der Waals surface area contributed by atoms with E-state index in [4.69, 9.17) is 16.3 Å². The van der Waals surface area contributed by atoms with E-state index in [1.54, 1.807) is 6.20 Å². The zero-order valence-electron chi connectivity index (χ0n) is 8.80. The van der Waals surface area contributed by atoms with Crippen LogP contribution in [-0.2, 0) is 4.74 Å². The second-order valence-electron chi connectivity index (χ2n) is 4.03. The van der Waals surface area contributed by atoms with Crippen molar-refractivity contribution in [3.05, 3.63) is 17.5 Å². The fourth-order valence-electron chi connectivity index (χ4n) is 1.83. The number of hydrogen-bond donors (Lipinski definition) is 0. The summed E-state index contributed by atoms with van der Waals surface area (Å²) in [7, 11) is 0. The van der Waals surface area contributed by atoms with Crippen molar-refractivity contribution in [1.82, 2.24) is 19.7 Å². The van der Waals surface area contributed by atoms with Gasteiger partial charge in [-0.1, -0.05) is 11.6 Å². The summed E-state index contributed by atoms with van der Waals surface area (Å²) in [6.07, 6.45) is 3.25. The molecule has 1 saturated heterocycles. The summed E-state index contributed by atoms with van der Waals surface area (Å²) in [5.74, 6) is 0.504. The lowest BCUT2D eigenvalue weighted by molar-refractivity contribution is -0.0548. The van der Waals surface area contributed by atoms with Crippen molar-refractivity contribution in [3.63, 3.8) is 0 Å². The van der Waals surface area contributed by atoms with Gasteiger partial charge >= 0.3 is 0 Å². The van der Waals surface area contributed by atoms with Gasteiger partial charge in [-0.3, -0.25) is 0 Å². The molecule has 0 spiro atoms. The number of aromatic nitrogens is 4. The van der Waals surface area contributed by atoms with Crippen LogP contribution in [0.2, 0.25) is 5.15 Å². The molecule has 2 aromatic rings. The van der Waals surface area contributed by atoms with Crippen molar-refractivity contribution in [2.24, 2.45) is 5.92 Å². The number of fused-ring (bicyclic) bond motifs is 1. The molecule has 84 valence electrons. The number of halogens is 1. The summed E-state index contributed by atoms with van der Waals surface area (Å²) in [6, 6.07) is 0.263. The molecule has 1 unspecified atom stereocenters. The molecule has 5 nitrogen and oxygen atoms in total. The van der Waals surface area contributed by atoms with Gasteiger partial charge in [0.1, 0.15) is 10.7 Å². The van der Waals surface area contributed by atoms with Crippen molar-refractivity contribution in [2.75, 3.05) is 13.2 Å². The second kappa shape index (κ2) is 3.68. The Morgan fingerprint density at radius 3 is 3.00 bits per heavy atom. The van der Waals surface area contributed by atoms with E-state index in [2.05, 4.69) is 22.0 Å². The quantitative estimate of drug-likeness (QED) is 0.799. The zero-order valence-corrected chi connectivity index (χ0v) is 9.55. The lowest BCUT2D eigenvalue weighted by atomic mass is 10.0. The highest BCUT2D eigenvalue weighted by Gasteiger charge is 2.28. The van der Waals surface area contributed by atoms with Crippen molar-refractivity contribution in [3.8, 4) is 0 Å². The molecule has 2 aromatic heterocycles. The minimum absolute atomic E-state index is 0.263. The minimum atomic E-state index is 0.263. The molecule has 0 saturated carbocycles. The van der Waals surface area contributed by atoms with Gasteiger partial charge in [0.2, 0.25) is 0 Å². The molecule has 0 N–H and O–H groups in total. The van der Waals surface area contributed by atoms with Gasteiger partial charge in [-0.25, -0.2) is 14.6 Å². The van der Waals surface area contributed by atoms with Crippen molar-refractivity contribution in [2.45, 2.75) is 13.0 Å². The summed E-state index contributed by atoms with van der Waals surface area (Å²) >= 11 is 5.84. The third-order valence-corrected chi connectivity index (χ3v) is 3.19. The third-order valence-electron chi connectivity index (χ3n) is 3.01. The molecule has 1 aliphatic heterocycles. The van der Waals surface area contributed by atoms with Gasteiger partial charge in [-0.2, -0.15) is 5.10 Å². The molecule has 0 aliphatic carbocycles. The Bertz CT molecular complexity index is 523. The van der Waals surface area contributed by atoms with E-state index in [1.807, 2.05) is 4.68 Å². The normalized spacial score (nSPS) is 18.6. The smallest absolute Gasteiger partial charge is 0.178 e. The van der Waals surface area contributed by atoms with E-state index >= 15 is 0 Å². The maximum Gasteiger partial charge on any atom is 0.178 e. The Morgan fingerprint density at radius 2 is 2.31 bits per heavy atom. The molecular weight excluding hydrogens is 228 g/mol. The SMILES string of the molecule is CC(C1COC1)n1ncc2ncc(Cl)nc21. The first-order chi connectivity index (χ1) is 7.75. The Labute approximate surface area is 97.4 Å². The van der Waals surface area contributed by atoms with Crippen molar-refractivity contribution in [1.29, 1.82) is 0 Å². The van der Waals surface area contributed by atoms with Gasteiger partial charge in [0.05, 0.1) is 31.6 Å². The maximum atomic E-state index is 5.84. The average molecular weight is 239 g/mol. The van der Waals surface area contributed by atoms with Crippen LogP contribution in [0.1, 0.15) is 13.0 Å². The Hall–Kier alpha value is -1.20. The third kappa shape index (κ3) is 1.47. The van der Waals surface area contributed by atoms with E-state index in [1.165, 1.54) is 6.20 Å². The van der Waals surface area contributed by atoms with Crippen LogP contribution in [-0.4, -0.2) is 33.0 Å². The first kappa shape index (κ1) is 9.99. The summed E-state index contributed by atoms with van der Waals surface area (Å²) in [4.78, 5) is 8.44. The number of rotatable bonds is 2. The van der Waals surface area contributed by atoms with Crippen LogP contribution in [0.25, 0.3) is 11.2 Å². The number of hydrogen-bond acceptors (Lipinski definition) is 4. The van der Waals surface area contributed by atoms with Crippen molar-refractivity contribution >= 4 is 22.8 Å². The first-order valence-corrected chi connectivity index (χ1v) is 5.57. The highest BCUT2D eigenvalue weighted by molar-refractivity contribution is 6.29. The zero-order chi connectivity index (χ0) is 11.1. The molecule has 3 heterocycles. The van der Waals surface area contributed by atoms with E-state index < -0.39 is 0 Å². The highest BCUT2D eigenvalue weighted by Crippen LogP contribution is 2.26. The highest BCUT2D eigenvalue weighted by atomic mass is 35.5. The van der Waals surface area contributed by atoms with E-state index in [0.717, 1.165) is 24.4 Å². The summed E-state index contributed by atoms with van der Waals surface area (Å²) in [5, 5.41) is 4.71. The first-order valence-electron chi connectivity index (χ1n) is 5.19. The fraction of sp³-hybridized carbons (Fsp3) is 0.500. The maximum absolute atomic E-state index is 5.84. The van der Waals surface area contributed by atoms with E-state index in [-0.39, 0.29) is 6.04 Å².